The van der Waals surface area contributed by atoms with E-state index in [0.717, 1.165) is 22.5 Å². The molecule has 1 fully saturated rings. The molecule has 1 aromatic carbocycles. The SMILES string of the molecule is C=C(C)C1=CN2C(=CC1=C)c1cc(OC)ccc1C1CCC(C)(C)C12. The van der Waals surface area contributed by atoms with Gasteiger partial charge in [0.2, 0.25) is 0 Å². The van der Waals surface area contributed by atoms with Crippen LogP contribution in [0.15, 0.2) is 60.4 Å². The van der Waals surface area contributed by atoms with Crippen molar-refractivity contribution < 1.29 is 4.74 Å². The number of fused-ring (bicyclic) bond motifs is 6. The maximum atomic E-state index is 5.50. The molecule has 0 bridgehead atoms. The second kappa shape index (κ2) is 5.39. The van der Waals surface area contributed by atoms with Crippen molar-refractivity contribution in [3.8, 4) is 5.75 Å². The van der Waals surface area contributed by atoms with E-state index in [1.807, 2.05) is 0 Å². The highest BCUT2D eigenvalue weighted by Gasteiger charge is 2.50. The van der Waals surface area contributed by atoms with E-state index in [9.17, 15) is 0 Å². The highest BCUT2D eigenvalue weighted by molar-refractivity contribution is 5.78. The molecule has 1 aliphatic carbocycles. The molecule has 3 aliphatic rings. The van der Waals surface area contributed by atoms with Crippen molar-refractivity contribution >= 4 is 5.70 Å². The van der Waals surface area contributed by atoms with E-state index in [1.54, 1.807) is 7.11 Å². The lowest BCUT2D eigenvalue weighted by molar-refractivity contribution is 0.195. The summed E-state index contributed by atoms with van der Waals surface area (Å²) in [6, 6.07) is 7.03. The van der Waals surface area contributed by atoms with Crippen molar-refractivity contribution in [1.29, 1.82) is 0 Å². The van der Waals surface area contributed by atoms with Crippen molar-refractivity contribution in [2.24, 2.45) is 5.41 Å². The second-order valence-corrected chi connectivity index (χ2v) is 8.32. The molecule has 0 N–H and O–H groups in total. The molecule has 0 radical (unpaired) electrons. The third-order valence-electron chi connectivity index (χ3n) is 6.18. The van der Waals surface area contributed by atoms with Crippen molar-refractivity contribution in [2.45, 2.75) is 45.6 Å². The van der Waals surface area contributed by atoms with E-state index < -0.39 is 0 Å². The predicted molar refractivity (Wildman–Crippen MR) is 104 cm³/mol. The molecule has 0 amide bonds. The van der Waals surface area contributed by atoms with Gasteiger partial charge in [0.15, 0.2) is 0 Å². The van der Waals surface area contributed by atoms with Gasteiger partial charge in [-0.05, 0) is 65.7 Å². The van der Waals surface area contributed by atoms with E-state index in [2.05, 4.69) is 69.3 Å². The molecular weight excluding hydrogens is 306 g/mol. The zero-order valence-corrected chi connectivity index (χ0v) is 15.7. The Labute approximate surface area is 151 Å². The Bertz CT molecular complexity index is 840. The largest absolute Gasteiger partial charge is 0.497 e. The van der Waals surface area contributed by atoms with Crippen LogP contribution in [0.2, 0.25) is 0 Å². The Morgan fingerprint density at radius 1 is 1.32 bits per heavy atom. The first-order valence-electron chi connectivity index (χ1n) is 9.09. The summed E-state index contributed by atoms with van der Waals surface area (Å²) in [6.07, 6.45) is 6.99. The molecule has 130 valence electrons. The summed E-state index contributed by atoms with van der Waals surface area (Å²) in [6.45, 7) is 15.3. The minimum absolute atomic E-state index is 0.275. The number of hydrogen-bond donors (Lipinski definition) is 0. The third kappa shape index (κ3) is 2.31. The molecule has 0 saturated heterocycles. The average molecular weight is 333 g/mol. The summed E-state index contributed by atoms with van der Waals surface area (Å²) >= 11 is 0. The maximum absolute atomic E-state index is 5.50. The molecule has 2 aliphatic heterocycles. The number of allylic oxidation sites excluding steroid dienone is 4. The van der Waals surface area contributed by atoms with Crippen LogP contribution in [0.4, 0.5) is 0 Å². The lowest BCUT2D eigenvalue weighted by Gasteiger charge is -2.47. The fraction of sp³-hybridized carbons (Fsp3) is 0.391. The van der Waals surface area contributed by atoms with Crippen LogP contribution in [0.1, 0.15) is 50.7 Å². The Morgan fingerprint density at radius 3 is 2.76 bits per heavy atom. The van der Waals surface area contributed by atoms with Gasteiger partial charge in [-0.25, -0.2) is 0 Å². The molecule has 2 heterocycles. The zero-order chi connectivity index (χ0) is 17.9. The fourth-order valence-corrected chi connectivity index (χ4v) is 4.92. The first-order valence-corrected chi connectivity index (χ1v) is 9.09. The van der Waals surface area contributed by atoms with Gasteiger partial charge in [0.05, 0.1) is 7.11 Å². The van der Waals surface area contributed by atoms with Crippen LogP contribution in [0.25, 0.3) is 5.70 Å². The van der Waals surface area contributed by atoms with Crippen LogP contribution in [-0.2, 0) is 0 Å². The van der Waals surface area contributed by atoms with Crippen LogP contribution in [0.5, 0.6) is 5.75 Å². The lowest BCUT2D eigenvalue weighted by atomic mass is 9.75. The summed E-state index contributed by atoms with van der Waals surface area (Å²) in [4.78, 5) is 2.50. The molecular formula is C23H27NO. The summed E-state index contributed by atoms with van der Waals surface area (Å²) < 4.78 is 5.50. The smallest absolute Gasteiger partial charge is 0.119 e. The van der Waals surface area contributed by atoms with Crippen molar-refractivity contribution in [3.05, 3.63) is 71.5 Å². The Kier molecular flexibility index (Phi) is 3.50. The normalized spacial score (nSPS) is 26.2. The Hall–Kier alpha value is -2.22. The molecule has 2 heteroatoms. The summed E-state index contributed by atoms with van der Waals surface area (Å²) in [5.74, 6) is 1.47. The molecule has 2 nitrogen and oxygen atoms in total. The Balaban J connectivity index is 1.95. The van der Waals surface area contributed by atoms with Gasteiger partial charge in [0, 0.05) is 29.4 Å². The molecule has 25 heavy (non-hydrogen) atoms. The van der Waals surface area contributed by atoms with Gasteiger partial charge in [-0.1, -0.05) is 33.1 Å². The van der Waals surface area contributed by atoms with E-state index >= 15 is 0 Å². The van der Waals surface area contributed by atoms with E-state index in [-0.39, 0.29) is 5.41 Å². The zero-order valence-electron chi connectivity index (χ0n) is 15.7. The fourth-order valence-electron chi connectivity index (χ4n) is 4.92. The molecule has 1 saturated carbocycles. The first-order chi connectivity index (χ1) is 11.8. The van der Waals surface area contributed by atoms with E-state index in [4.69, 9.17) is 4.74 Å². The van der Waals surface area contributed by atoms with Gasteiger partial charge in [-0.15, -0.1) is 0 Å². The number of rotatable bonds is 2. The summed E-state index contributed by atoms with van der Waals surface area (Å²) in [5, 5.41) is 0. The van der Waals surface area contributed by atoms with Gasteiger partial charge >= 0.3 is 0 Å². The minimum atomic E-state index is 0.275. The minimum Gasteiger partial charge on any atom is -0.497 e. The maximum Gasteiger partial charge on any atom is 0.119 e. The van der Waals surface area contributed by atoms with Crippen LogP contribution in [0, 0.1) is 5.41 Å². The number of ether oxygens (including phenoxy) is 1. The number of nitrogens with zero attached hydrogens (tertiary/aromatic N) is 1. The van der Waals surface area contributed by atoms with E-state index in [0.29, 0.717) is 12.0 Å². The molecule has 1 aromatic rings. The quantitative estimate of drug-likeness (QED) is 0.693. The Morgan fingerprint density at radius 2 is 2.08 bits per heavy atom. The highest BCUT2D eigenvalue weighted by Crippen LogP contribution is 2.56. The van der Waals surface area contributed by atoms with Crippen molar-refractivity contribution in [1.82, 2.24) is 4.90 Å². The van der Waals surface area contributed by atoms with Crippen LogP contribution < -0.4 is 4.74 Å². The van der Waals surface area contributed by atoms with Gasteiger partial charge in [-0.3, -0.25) is 0 Å². The molecule has 2 atom stereocenters. The molecule has 4 rings (SSSR count). The predicted octanol–water partition coefficient (Wildman–Crippen LogP) is 5.65. The van der Waals surface area contributed by atoms with Crippen molar-refractivity contribution in [3.63, 3.8) is 0 Å². The van der Waals surface area contributed by atoms with E-state index in [1.165, 1.54) is 29.7 Å². The van der Waals surface area contributed by atoms with Crippen LogP contribution >= 0.6 is 0 Å². The lowest BCUT2D eigenvalue weighted by Crippen LogP contribution is -2.45. The third-order valence-corrected chi connectivity index (χ3v) is 6.18. The number of hydrogen-bond acceptors (Lipinski definition) is 2. The van der Waals surface area contributed by atoms with Crippen LogP contribution in [-0.4, -0.2) is 18.1 Å². The topological polar surface area (TPSA) is 12.5 Å². The summed E-state index contributed by atoms with van der Waals surface area (Å²) in [7, 11) is 1.73. The highest BCUT2D eigenvalue weighted by atomic mass is 16.5. The monoisotopic (exact) mass is 333 g/mol. The number of methoxy groups -OCH3 is 1. The molecule has 2 unspecified atom stereocenters. The molecule has 0 aromatic heterocycles. The standard InChI is InChI=1S/C23H27NO/c1-14(2)20-13-24-21(11-15(20)3)19-12-16(25-6)7-8-17(19)18-9-10-23(4,5)22(18)24/h7-8,11-13,18,22H,1,3,9-10H2,2,4-6H3. The van der Waals surface area contributed by atoms with Gasteiger partial charge in [0.1, 0.15) is 5.75 Å². The molecule has 0 spiro atoms. The second-order valence-electron chi connectivity index (χ2n) is 8.32. The van der Waals surface area contributed by atoms with Gasteiger partial charge in [0.25, 0.3) is 0 Å². The number of benzene rings is 1. The van der Waals surface area contributed by atoms with Crippen LogP contribution in [0.3, 0.4) is 0 Å². The first kappa shape index (κ1) is 16.3. The van der Waals surface area contributed by atoms with Gasteiger partial charge in [-0.2, -0.15) is 0 Å². The van der Waals surface area contributed by atoms with Gasteiger partial charge < -0.3 is 9.64 Å². The van der Waals surface area contributed by atoms with Crippen molar-refractivity contribution in [2.75, 3.05) is 7.11 Å². The average Bonchev–Trinajstić information content (AvgIpc) is 2.89. The summed E-state index contributed by atoms with van der Waals surface area (Å²) in [5.41, 5.74) is 7.55.